The fourth-order valence-corrected chi connectivity index (χ4v) is 1.83. The molecule has 0 aliphatic rings. The summed E-state index contributed by atoms with van der Waals surface area (Å²) in [6, 6.07) is 3.04. The normalized spacial score (nSPS) is 14.3. The zero-order valence-corrected chi connectivity index (χ0v) is 11.6. The Bertz CT molecular complexity index is 528. The highest BCUT2D eigenvalue weighted by molar-refractivity contribution is 5.98. The summed E-state index contributed by atoms with van der Waals surface area (Å²) in [6.07, 6.45) is -4.21. The van der Waals surface area contributed by atoms with Crippen molar-refractivity contribution in [2.24, 2.45) is 5.92 Å². The zero-order valence-electron chi connectivity index (χ0n) is 11.6. The van der Waals surface area contributed by atoms with Gasteiger partial charge in [-0.1, -0.05) is 32.4 Å². The van der Waals surface area contributed by atoms with E-state index < -0.39 is 41.1 Å². The molecule has 21 heavy (non-hydrogen) atoms. The van der Waals surface area contributed by atoms with Crippen molar-refractivity contribution in [1.82, 2.24) is 5.32 Å². The Balaban J connectivity index is 3.07. The molecule has 0 bridgehead atoms. The van der Waals surface area contributed by atoms with Gasteiger partial charge in [-0.15, -0.1) is 0 Å². The Morgan fingerprint density at radius 3 is 2.33 bits per heavy atom. The van der Waals surface area contributed by atoms with E-state index in [1.165, 1.54) is 12.1 Å². The molecule has 0 radical (unpaired) electrons. The predicted octanol–water partition coefficient (Wildman–Crippen LogP) is 2.93. The maximum absolute atomic E-state index is 12.8. The highest BCUT2D eigenvalue weighted by Crippen LogP contribution is 2.31. The van der Waals surface area contributed by atoms with Gasteiger partial charge in [-0.05, 0) is 18.1 Å². The second-order valence-electron chi connectivity index (χ2n) is 4.72. The zero-order chi connectivity index (χ0) is 16.2. The third-order valence-electron chi connectivity index (χ3n) is 3.24. The summed E-state index contributed by atoms with van der Waals surface area (Å²) < 4.78 is 38.5. The fourth-order valence-electron chi connectivity index (χ4n) is 1.83. The summed E-state index contributed by atoms with van der Waals surface area (Å²) in [6.45, 7) is 3.34. The molecular formula is C14H16F3NO3. The molecule has 0 saturated carbocycles. The molecule has 0 fully saturated rings. The first-order valence-corrected chi connectivity index (χ1v) is 6.38. The van der Waals surface area contributed by atoms with Crippen LogP contribution < -0.4 is 5.32 Å². The highest BCUT2D eigenvalue weighted by Gasteiger charge is 2.36. The summed E-state index contributed by atoms with van der Waals surface area (Å²) in [5, 5.41) is 11.2. The first-order valence-electron chi connectivity index (χ1n) is 6.38. The Morgan fingerprint density at radius 1 is 1.29 bits per heavy atom. The molecule has 2 N–H and O–H groups in total. The van der Waals surface area contributed by atoms with Gasteiger partial charge in [0, 0.05) is 0 Å². The largest absolute Gasteiger partial charge is 0.480 e. The standard InChI is InChI=1S/C14H16F3NO3/c1-3-8(2)11(13(20)21)18-12(19)9-6-4-5-7-10(9)14(15,16)17/h4-8,11H,3H2,1-2H3,(H,18,19)(H,20,21)/t8-,11-/m0/s1. The van der Waals surface area contributed by atoms with Crippen LogP contribution in [0.5, 0.6) is 0 Å². The molecule has 0 aliphatic heterocycles. The Labute approximate surface area is 120 Å². The lowest BCUT2D eigenvalue weighted by atomic mass is 9.98. The number of alkyl halides is 3. The number of carbonyl (C=O) groups is 2. The van der Waals surface area contributed by atoms with Crippen molar-refractivity contribution in [2.45, 2.75) is 32.5 Å². The predicted molar refractivity (Wildman–Crippen MR) is 69.8 cm³/mol. The third-order valence-corrected chi connectivity index (χ3v) is 3.24. The molecule has 4 nitrogen and oxygen atoms in total. The van der Waals surface area contributed by atoms with Gasteiger partial charge in [0.05, 0.1) is 11.1 Å². The van der Waals surface area contributed by atoms with Gasteiger partial charge in [0.2, 0.25) is 0 Å². The summed E-state index contributed by atoms with van der Waals surface area (Å²) in [5.74, 6) is -2.72. The molecular weight excluding hydrogens is 287 g/mol. The van der Waals surface area contributed by atoms with Crippen molar-refractivity contribution in [3.8, 4) is 0 Å². The minimum Gasteiger partial charge on any atom is -0.480 e. The van der Waals surface area contributed by atoms with Gasteiger partial charge in [0.1, 0.15) is 6.04 Å². The van der Waals surface area contributed by atoms with Crippen LogP contribution in [-0.4, -0.2) is 23.0 Å². The van der Waals surface area contributed by atoms with Crippen molar-refractivity contribution in [3.05, 3.63) is 35.4 Å². The number of carboxylic acid groups (broad SMARTS) is 1. The van der Waals surface area contributed by atoms with Crippen LogP contribution >= 0.6 is 0 Å². The van der Waals surface area contributed by atoms with Crippen LogP contribution in [0, 0.1) is 5.92 Å². The lowest BCUT2D eigenvalue weighted by Crippen LogP contribution is -2.45. The number of nitrogens with one attached hydrogen (secondary N) is 1. The van der Waals surface area contributed by atoms with Crippen LogP contribution in [0.3, 0.4) is 0 Å². The molecule has 0 unspecified atom stereocenters. The molecule has 7 heteroatoms. The lowest BCUT2D eigenvalue weighted by molar-refractivity contribution is -0.140. The van der Waals surface area contributed by atoms with Crippen molar-refractivity contribution in [2.75, 3.05) is 0 Å². The van der Waals surface area contributed by atoms with Crippen LogP contribution in [-0.2, 0) is 11.0 Å². The topological polar surface area (TPSA) is 66.4 Å². The van der Waals surface area contributed by atoms with E-state index in [9.17, 15) is 22.8 Å². The van der Waals surface area contributed by atoms with Gasteiger partial charge in [-0.25, -0.2) is 4.79 Å². The Morgan fingerprint density at radius 2 is 1.86 bits per heavy atom. The van der Waals surface area contributed by atoms with Gasteiger partial charge >= 0.3 is 12.1 Å². The van der Waals surface area contributed by atoms with E-state index in [0.29, 0.717) is 6.42 Å². The maximum atomic E-state index is 12.8. The van der Waals surface area contributed by atoms with E-state index in [2.05, 4.69) is 5.32 Å². The molecule has 116 valence electrons. The third kappa shape index (κ3) is 4.21. The fraction of sp³-hybridized carbons (Fsp3) is 0.429. The average Bonchev–Trinajstić information content (AvgIpc) is 2.42. The summed E-state index contributed by atoms with van der Waals surface area (Å²) in [7, 11) is 0. The average molecular weight is 303 g/mol. The molecule has 0 aromatic heterocycles. The number of amides is 1. The molecule has 0 aliphatic carbocycles. The van der Waals surface area contributed by atoms with Crippen molar-refractivity contribution < 1.29 is 27.9 Å². The monoisotopic (exact) mass is 303 g/mol. The van der Waals surface area contributed by atoms with E-state index in [0.717, 1.165) is 12.1 Å². The molecule has 0 heterocycles. The molecule has 0 saturated heterocycles. The minimum absolute atomic E-state index is 0.399. The second kappa shape index (κ2) is 6.60. The number of hydrogen-bond donors (Lipinski definition) is 2. The molecule has 1 aromatic rings. The van der Waals surface area contributed by atoms with E-state index >= 15 is 0 Å². The van der Waals surface area contributed by atoms with Crippen LogP contribution in [0.2, 0.25) is 0 Å². The van der Waals surface area contributed by atoms with Gasteiger partial charge in [0.25, 0.3) is 5.91 Å². The minimum atomic E-state index is -4.68. The van der Waals surface area contributed by atoms with Crippen LogP contribution in [0.1, 0.15) is 36.2 Å². The van der Waals surface area contributed by atoms with Crippen LogP contribution in [0.25, 0.3) is 0 Å². The van der Waals surface area contributed by atoms with Crippen molar-refractivity contribution >= 4 is 11.9 Å². The molecule has 2 atom stereocenters. The maximum Gasteiger partial charge on any atom is 0.417 e. The number of carboxylic acids is 1. The van der Waals surface area contributed by atoms with E-state index in [-0.39, 0.29) is 0 Å². The number of rotatable bonds is 5. The van der Waals surface area contributed by atoms with Crippen molar-refractivity contribution in [3.63, 3.8) is 0 Å². The quantitative estimate of drug-likeness (QED) is 0.879. The second-order valence-corrected chi connectivity index (χ2v) is 4.72. The van der Waals surface area contributed by atoms with Crippen LogP contribution in [0.15, 0.2) is 24.3 Å². The highest BCUT2D eigenvalue weighted by atomic mass is 19.4. The summed E-state index contributed by atoms with van der Waals surface area (Å²) >= 11 is 0. The SMILES string of the molecule is CC[C@H](C)[C@H](NC(=O)c1ccccc1C(F)(F)F)C(=O)O. The number of carbonyl (C=O) groups excluding carboxylic acids is 1. The molecule has 0 spiro atoms. The molecule has 1 amide bonds. The van der Waals surface area contributed by atoms with E-state index in [4.69, 9.17) is 5.11 Å². The first kappa shape index (κ1) is 17.0. The number of benzene rings is 1. The number of hydrogen-bond acceptors (Lipinski definition) is 2. The number of aliphatic carboxylic acids is 1. The first-order chi connectivity index (χ1) is 9.68. The van der Waals surface area contributed by atoms with E-state index in [1.54, 1.807) is 13.8 Å². The Hall–Kier alpha value is -2.05. The van der Waals surface area contributed by atoms with Gasteiger partial charge in [-0.3, -0.25) is 4.79 Å². The van der Waals surface area contributed by atoms with Gasteiger partial charge in [-0.2, -0.15) is 13.2 Å². The smallest absolute Gasteiger partial charge is 0.417 e. The molecule has 1 rings (SSSR count). The Kier molecular flexibility index (Phi) is 5.34. The van der Waals surface area contributed by atoms with Crippen molar-refractivity contribution in [1.29, 1.82) is 0 Å². The van der Waals surface area contributed by atoms with Crippen LogP contribution in [0.4, 0.5) is 13.2 Å². The lowest BCUT2D eigenvalue weighted by Gasteiger charge is -2.21. The number of halogens is 3. The van der Waals surface area contributed by atoms with E-state index in [1.807, 2.05) is 0 Å². The molecule has 1 aromatic carbocycles. The summed E-state index contributed by atoms with van der Waals surface area (Å²) in [4.78, 5) is 23.1. The summed E-state index contributed by atoms with van der Waals surface area (Å²) in [5.41, 5.74) is -1.67. The van der Waals surface area contributed by atoms with Gasteiger partial charge < -0.3 is 10.4 Å². The van der Waals surface area contributed by atoms with Gasteiger partial charge in [0.15, 0.2) is 0 Å².